The van der Waals surface area contributed by atoms with Gasteiger partial charge in [-0.15, -0.1) is 0 Å². The molecule has 0 aromatic carbocycles. The molecule has 0 saturated heterocycles. The molecule has 1 amide bonds. The second kappa shape index (κ2) is 13.3. The Balaban J connectivity index is 0.00000108. The molecule has 4 rings (SSSR count). The molecule has 4 heterocycles. The zero-order chi connectivity index (χ0) is 24.9. The quantitative estimate of drug-likeness (QED) is 0.229. The van der Waals surface area contributed by atoms with Crippen LogP contribution >= 0.6 is 0 Å². The van der Waals surface area contributed by atoms with Gasteiger partial charge in [0.2, 0.25) is 0 Å². The van der Waals surface area contributed by atoms with Gasteiger partial charge < -0.3 is 19.9 Å². The molecule has 0 aliphatic heterocycles. The summed E-state index contributed by atoms with van der Waals surface area (Å²) in [7, 11) is 1.63. The molecule has 0 fully saturated rings. The van der Waals surface area contributed by atoms with Crippen LogP contribution in [-0.2, 0) is 20.8 Å². The van der Waals surface area contributed by atoms with Gasteiger partial charge in [0.15, 0.2) is 0 Å². The van der Waals surface area contributed by atoms with Gasteiger partial charge in [-0.25, -0.2) is 4.98 Å². The highest BCUT2D eigenvalue weighted by atomic mass is 16.5. The number of carbonyl (C=O) groups excluding carboxylic acids is 1. The van der Waals surface area contributed by atoms with Gasteiger partial charge in [-0.1, -0.05) is 12.1 Å². The van der Waals surface area contributed by atoms with Gasteiger partial charge in [-0.2, -0.15) is 10.2 Å². The molecule has 0 spiro atoms. The van der Waals surface area contributed by atoms with Crippen molar-refractivity contribution in [2.75, 3.05) is 32.2 Å². The van der Waals surface area contributed by atoms with Crippen molar-refractivity contribution in [2.24, 2.45) is 0 Å². The van der Waals surface area contributed by atoms with E-state index >= 15 is 0 Å². The van der Waals surface area contributed by atoms with Gasteiger partial charge in [0.1, 0.15) is 17.1 Å². The molecule has 3 N–H and O–H groups in total. The number of rotatable bonds is 10. The van der Waals surface area contributed by atoms with E-state index in [1.807, 2.05) is 18.2 Å². The molecule has 0 atom stereocenters. The van der Waals surface area contributed by atoms with E-state index in [1.165, 1.54) is 0 Å². The highest BCUT2D eigenvalue weighted by molar-refractivity contribution is 6.04. The Kier molecular flexibility index (Phi) is 9.60. The highest BCUT2D eigenvalue weighted by Crippen LogP contribution is 2.25. The maximum absolute atomic E-state index is 13.0. The molecule has 0 unspecified atom stereocenters. The van der Waals surface area contributed by atoms with Gasteiger partial charge in [0.05, 0.1) is 43.4 Å². The van der Waals surface area contributed by atoms with Crippen LogP contribution in [0.1, 0.15) is 10.5 Å². The molecule has 0 bridgehead atoms. The predicted octanol–water partition coefficient (Wildman–Crippen LogP) is 2.35. The molecule has 35 heavy (non-hydrogen) atoms. The summed E-state index contributed by atoms with van der Waals surface area (Å²) in [4.78, 5) is 30.1. The number of pyridine rings is 2. The van der Waals surface area contributed by atoms with E-state index in [0.717, 1.165) is 0 Å². The lowest BCUT2D eigenvalue weighted by atomic mass is 10.2. The number of ether oxygens (including phenoxy) is 2. The smallest absolute Gasteiger partial charge is 0.290 e. The molecule has 4 aromatic heterocycles. The van der Waals surface area contributed by atoms with Crippen molar-refractivity contribution in [2.45, 2.75) is 6.54 Å². The van der Waals surface area contributed by atoms with Crippen molar-refractivity contribution >= 4 is 18.1 Å². The standard InChI is InChI=1S/C22H23N7O3.CH2O2/c1-31-13-14-32-12-11-29-15-20(21(28-29)18-5-2-3-9-23-18)26-22(30)19-7-4-6-16(25-19)17-8-10-24-27-17;2-1-3/h2-10,15H,11-14H2,1H3,(H,24,27)(H,26,30);1H,(H,2,3). The molecule has 0 radical (unpaired) electrons. The van der Waals surface area contributed by atoms with Crippen LogP contribution in [-0.4, -0.2) is 74.4 Å². The number of hydrogen-bond donors (Lipinski definition) is 3. The first kappa shape index (κ1) is 25.2. The second-order valence-electron chi connectivity index (χ2n) is 6.90. The van der Waals surface area contributed by atoms with Crippen molar-refractivity contribution in [3.05, 3.63) is 66.7 Å². The van der Waals surface area contributed by atoms with E-state index < -0.39 is 0 Å². The van der Waals surface area contributed by atoms with E-state index in [-0.39, 0.29) is 18.1 Å². The summed E-state index contributed by atoms with van der Waals surface area (Å²) in [5.41, 5.74) is 3.30. The van der Waals surface area contributed by atoms with E-state index in [4.69, 9.17) is 19.4 Å². The largest absolute Gasteiger partial charge is 0.483 e. The number of methoxy groups -OCH3 is 1. The number of hydrogen-bond acceptors (Lipinski definition) is 8. The molecular formula is C23H25N7O5. The van der Waals surface area contributed by atoms with Gasteiger partial charge >= 0.3 is 0 Å². The number of anilines is 1. The van der Waals surface area contributed by atoms with Crippen molar-refractivity contribution in [3.8, 4) is 22.8 Å². The third-order valence-electron chi connectivity index (χ3n) is 4.56. The van der Waals surface area contributed by atoms with Crippen LogP contribution in [0.15, 0.2) is 61.1 Å². The lowest BCUT2D eigenvalue weighted by Gasteiger charge is -2.05. The van der Waals surface area contributed by atoms with Crippen LogP contribution in [0.25, 0.3) is 22.8 Å². The number of amides is 1. The minimum absolute atomic E-state index is 0.250. The first-order chi connectivity index (χ1) is 17.2. The summed E-state index contributed by atoms with van der Waals surface area (Å²) in [5, 5.41) is 21.3. The van der Waals surface area contributed by atoms with Crippen LogP contribution in [0, 0.1) is 0 Å². The predicted molar refractivity (Wildman–Crippen MR) is 127 cm³/mol. The summed E-state index contributed by atoms with van der Waals surface area (Å²) in [6.45, 7) is 1.77. The highest BCUT2D eigenvalue weighted by Gasteiger charge is 2.17. The topological polar surface area (TPSA) is 157 Å². The van der Waals surface area contributed by atoms with Crippen molar-refractivity contribution in [1.29, 1.82) is 0 Å². The van der Waals surface area contributed by atoms with Crippen molar-refractivity contribution < 1.29 is 24.2 Å². The maximum atomic E-state index is 13.0. The SMILES string of the molecule is COCCOCCn1cc(NC(=O)c2cccc(-c3cc[nH]n3)n2)c(-c2ccccn2)n1.O=CO. The fourth-order valence-electron chi connectivity index (χ4n) is 3.01. The van der Waals surface area contributed by atoms with Crippen molar-refractivity contribution in [3.63, 3.8) is 0 Å². The summed E-state index contributed by atoms with van der Waals surface area (Å²) in [6.07, 6.45) is 5.15. The number of nitrogens with zero attached hydrogens (tertiary/aromatic N) is 5. The number of carbonyl (C=O) groups is 2. The molecule has 12 heteroatoms. The Bertz CT molecular complexity index is 1200. The minimum atomic E-state index is -0.351. The maximum Gasteiger partial charge on any atom is 0.290 e. The summed E-state index contributed by atoms with van der Waals surface area (Å²) in [5.74, 6) is -0.351. The fourth-order valence-corrected chi connectivity index (χ4v) is 3.01. The lowest BCUT2D eigenvalue weighted by Crippen LogP contribution is -2.14. The molecule has 0 saturated carbocycles. The summed E-state index contributed by atoms with van der Waals surface area (Å²) < 4.78 is 12.2. The number of aromatic nitrogens is 6. The number of H-pyrrole nitrogens is 1. The normalized spacial score (nSPS) is 10.3. The average Bonchev–Trinajstić information content (AvgIpc) is 3.56. The van der Waals surface area contributed by atoms with Crippen LogP contribution in [0.2, 0.25) is 0 Å². The molecule has 0 aliphatic rings. The Morgan fingerprint density at radius 2 is 1.94 bits per heavy atom. The Labute approximate surface area is 201 Å². The van der Waals surface area contributed by atoms with Crippen LogP contribution in [0.5, 0.6) is 0 Å². The van der Waals surface area contributed by atoms with Gasteiger partial charge in [-0.05, 0) is 30.3 Å². The Morgan fingerprint density at radius 3 is 2.66 bits per heavy atom. The third-order valence-corrected chi connectivity index (χ3v) is 4.56. The Hall–Kier alpha value is -4.42. The molecule has 12 nitrogen and oxygen atoms in total. The van der Waals surface area contributed by atoms with Gasteiger partial charge in [0.25, 0.3) is 12.4 Å². The van der Waals surface area contributed by atoms with E-state index in [2.05, 4.69) is 30.6 Å². The van der Waals surface area contributed by atoms with Crippen LogP contribution in [0.4, 0.5) is 5.69 Å². The molecule has 0 aliphatic carbocycles. The summed E-state index contributed by atoms with van der Waals surface area (Å²) >= 11 is 0. The van der Waals surface area contributed by atoms with E-state index in [9.17, 15) is 4.79 Å². The third kappa shape index (κ3) is 7.28. The summed E-state index contributed by atoms with van der Waals surface area (Å²) in [6, 6.07) is 12.6. The van der Waals surface area contributed by atoms with E-state index in [1.54, 1.807) is 54.6 Å². The van der Waals surface area contributed by atoms with Gasteiger partial charge in [-0.3, -0.25) is 24.4 Å². The van der Waals surface area contributed by atoms with Gasteiger partial charge in [0, 0.05) is 25.7 Å². The zero-order valence-corrected chi connectivity index (χ0v) is 19.0. The van der Waals surface area contributed by atoms with Crippen molar-refractivity contribution in [1.82, 2.24) is 29.9 Å². The fraction of sp³-hybridized carbons (Fsp3) is 0.217. The number of nitrogens with one attached hydrogen (secondary N) is 2. The lowest BCUT2D eigenvalue weighted by molar-refractivity contribution is -0.122. The van der Waals surface area contributed by atoms with Crippen LogP contribution in [0.3, 0.4) is 0 Å². The molecule has 182 valence electrons. The minimum Gasteiger partial charge on any atom is -0.483 e. The monoisotopic (exact) mass is 479 g/mol. The first-order valence-electron chi connectivity index (χ1n) is 10.6. The molecule has 4 aromatic rings. The second-order valence-corrected chi connectivity index (χ2v) is 6.90. The number of aromatic amines is 1. The first-order valence-corrected chi connectivity index (χ1v) is 10.6. The van der Waals surface area contributed by atoms with E-state index in [0.29, 0.717) is 54.8 Å². The number of carboxylic acid groups (broad SMARTS) is 1. The average molecular weight is 479 g/mol. The molecular weight excluding hydrogens is 454 g/mol. The van der Waals surface area contributed by atoms with Crippen LogP contribution < -0.4 is 5.32 Å². The Morgan fingerprint density at radius 1 is 1.11 bits per heavy atom. The zero-order valence-electron chi connectivity index (χ0n) is 19.0.